The van der Waals surface area contributed by atoms with Gasteiger partial charge in [-0.15, -0.1) is 0 Å². The highest BCUT2D eigenvalue weighted by Gasteiger charge is 2.09. The van der Waals surface area contributed by atoms with E-state index in [1.807, 2.05) is 37.1 Å². The Balaban J connectivity index is 1.87. The average molecular weight is 359 g/mol. The van der Waals surface area contributed by atoms with E-state index < -0.39 is 6.10 Å². The van der Waals surface area contributed by atoms with Gasteiger partial charge in [0.15, 0.2) is 5.96 Å². The van der Waals surface area contributed by atoms with Gasteiger partial charge in [-0.05, 0) is 36.8 Å². The molecule has 5 nitrogen and oxygen atoms in total. The first-order valence-corrected chi connectivity index (χ1v) is 8.68. The molecular weight excluding hydrogens is 333 g/mol. The molecule has 0 spiro atoms. The van der Waals surface area contributed by atoms with Crippen LogP contribution < -0.4 is 10.1 Å². The third-order valence-corrected chi connectivity index (χ3v) is 3.67. The fourth-order valence-electron chi connectivity index (χ4n) is 2.37. The van der Waals surface area contributed by atoms with Crippen molar-refractivity contribution >= 4 is 5.96 Å². The van der Waals surface area contributed by atoms with E-state index in [2.05, 4.69) is 22.4 Å². The van der Waals surface area contributed by atoms with Crippen LogP contribution in [0, 0.1) is 5.82 Å². The Bertz CT molecular complexity index is 677. The molecule has 0 fully saturated rings. The zero-order valence-electron chi connectivity index (χ0n) is 15.2. The lowest BCUT2D eigenvalue weighted by atomic mass is 10.2. The van der Waals surface area contributed by atoms with Gasteiger partial charge in [-0.2, -0.15) is 0 Å². The van der Waals surface area contributed by atoms with Crippen LogP contribution in [0.3, 0.4) is 0 Å². The van der Waals surface area contributed by atoms with Gasteiger partial charge in [-0.25, -0.2) is 4.39 Å². The predicted octanol–water partition coefficient (Wildman–Crippen LogP) is 2.66. The van der Waals surface area contributed by atoms with Crippen molar-refractivity contribution in [3.05, 3.63) is 66.0 Å². The molecule has 0 bridgehead atoms. The Labute approximate surface area is 154 Å². The van der Waals surface area contributed by atoms with Gasteiger partial charge in [0, 0.05) is 20.1 Å². The van der Waals surface area contributed by atoms with Crippen molar-refractivity contribution in [3.63, 3.8) is 0 Å². The largest absolute Gasteiger partial charge is 0.491 e. The number of benzene rings is 2. The van der Waals surface area contributed by atoms with Crippen LogP contribution in [0.25, 0.3) is 0 Å². The highest BCUT2D eigenvalue weighted by Crippen LogP contribution is 2.11. The van der Waals surface area contributed by atoms with Crippen molar-refractivity contribution in [3.8, 4) is 5.75 Å². The van der Waals surface area contributed by atoms with Crippen LogP contribution in [0.4, 0.5) is 4.39 Å². The van der Waals surface area contributed by atoms with Gasteiger partial charge in [0.1, 0.15) is 24.3 Å². The number of aliphatic hydroxyl groups excluding tert-OH is 1. The number of ether oxygens (including phenoxy) is 1. The lowest BCUT2D eigenvalue weighted by molar-refractivity contribution is 0.114. The first kappa shape index (κ1) is 19.7. The molecule has 2 aromatic rings. The summed E-state index contributed by atoms with van der Waals surface area (Å²) in [6, 6.07) is 15.8. The molecule has 0 heterocycles. The van der Waals surface area contributed by atoms with Gasteiger partial charge >= 0.3 is 0 Å². The van der Waals surface area contributed by atoms with Crippen LogP contribution in [0.1, 0.15) is 12.5 Å². The van der Waals surface area contributed by atoms with Gasteiger partial charge < -0.3 is 20.1 Å². The van der Waals surface area contributed by atoms with Crippen molar-refractivity contribution in [2.24, 2.45) is 4.99 Å². The standard InChI is InChI=1S/C20H26FN3O2/c1-3-22-20(24(2)14-16-7-5-4-6-8-16)23-13-18(25)15-26-19-11-9-17(21)10-12-19/h4-12,18,25H,3,13-15H2,1-2H3,(H,22,23). The number of nitrogens with zero attached hydrogens (tertiary/aromatic N) is 2. The first-order chi connectivity index (χ1) is 12.6. The summed E-state index contributed by atoms with van der Waals surface area (Å²) in [5.74, 6) is 0.916. The highest BCUT2D eigenvalue weighted by molar-refractivity contribution is 5.79. The molecule has 1 atom stereocenters. The summed E-state index contributed by atoms with van der Waals surface area (Å²) in [6.07, 6.45) is -0.751. The van der Waals surface area contributed by atoms with Crippen molar-refractivity contribution < 1.29 is 14.2 Å². The molecule has 0 saturated heterocycles. The lowest BCUT2D eigenvalue weighted by Gasteiger charge is -2.22. The summed E-state index contributed by atoms with van der Waals surface area (Å²) in [6.45, 7) is 3.76. The second-order valence-electron chi connectivity index (χ2n) is 5.96. The second-order valence-corrected chi connectivity index (χ2v) is 5.96. The van der Waals surface area contributed by atoms with Crippen molar-refractivity contribution in [2.45, 2.75) is 19.6 Å². The van der Waals surface area contributed by atoms with E-state index in [0.717, 1.165) is 19.0 Å². The molecule has 0 aliphatic carbocycles. The Morgan fingerprint density at radius 2 is 1.88 bits per heavy atom. The Kier molecular flexibility index (Phi) is 7.89. The van der Waals surface area contributed by atoms with E-state index in [1.54, 1.807) is 0 Å². The number of hydrogen-bond acceptors (Lipinski definition) is 3. The third-order valence-electron chi connectivity index (χ3n) is 3.67. The normalized spacial score (nSPS) is 12.5. The maximum atomic E-state index is 12.9. The SMILES string of the molecule is CCNC(=NCC(O)COc1ccc(F)cc1)N(C)Cc1ccccc1. The van der Waals surface area contributed by atoms with Gasteiger partial charge in [0.05, 0.1) is 6.54 Å². The summed E-state index contributed by atoms with van der Waals surface area (Å²) in [4.78, 5) is 6.48. The van der Waals surface area contributed by atoms with Crippen LogP contribution in [0.15, 0.2) is 59.6 Å². The van der Waals surface area contributed by atoms with Gasteiger partial charge in [-0.3, -0.25) is 4.99 Å². The molecule has 0 aliphatic rings. The van der Waals surface area contributed by atoms with E-state index in [-0.39, 0.29) is 19.0 Å². The molecule has 0 radical (unpaired) electrons. The van der Waals surface area contributed by atoms with Crippen molar-refractivity contribution in [2.75, 3.05) is 26.7 Å². The molecule has 2 rings (SSSR count). The molecule has 0 aromatic heterocycles. The minimum atomic E-state index is -0.751. The quantitative estimate of drug-likeness (QED) is 0.562. The molecule has 140 valence electrons. The van der Waals surface area contributed by atoms with Crippen molar-refractivity contribution in [1.29, 1.82) is 0 Å². The molecule has 6 heteroatoms. The molecular formula is C20H26FN3O2. The number of aliphatic hydroxyl groups is 1. The van der Waals surface area contributed by atoms with Gasteiger partial charge in [-0.1, -0.05) is 30.3 Å². The number of halogens is 1. The fraction of sp³-hybridized carbons (Fsp3) is 0.350. The minimum Gasteiger partial charge on any atom is -0.491 e. The highest BCUT2D eigenvalue weighted by atomic mass is 19.1. The Morgan fingerprint density at radius 3 is 2.54 bits per heavy atom. The molecule has 0 aliphatic heterocycles. The fourth-order valence-corrected chi connectivity index (χ4v) is 2.37. The van der Waals surface area contributed by atoms with Crippen LogP contribution in [-0.2, 0) is 6.54 Å². The monoisotopic (exact) mass is 359 g/mol. The number of aliphatic imine (C=N–C) groups is 1. The summed E-state index contributed by atoms with van der Waals surface area (Å²) >= 11 is 0. The van der Waals surface area contributed by atoms with Gasteiger partial charge in [0.2, 0.25) is 0 Å². The molecule has 2 aromatic carbocycles. The van der Waals surface area contributed by atoms with E-state index in [9.17, 15) is 9.50 Å². The molecule has 1 unspecified atom stereocenters. The maximum Gasteiger partial charge on any atom is 0.194 e. The van der Waals surface area contributed by atoms with E-state index in [0.29, 0.717) is 5.75 Å². The number of hydrogen-bond donors (Lipinski definition) is 2. The lowest BCUT2D eigenvalue weighted by Crippen LogP contribution is -2.39. The zero-order chi connectivity index (χ0) is 18.8. The molecule has 0 saturated carbocycles. The van der Waals surface area contributed by atoms with Crippen LogP contribution in [0.5, 0.6) is 5.75 Å². The Morgan fingerprint density at radius 1 is 1.19 bits per heavy atom. The summed E-state index contributed by atoms with van der Waals surface area (Å²) in [7, 11) is 1.95. The first-order valence-electron chi connectivity index (χ1n) is 8.68. The smallest absolute Gasteiger partial charge is 0.194 e. The zero-order valence-corrected chi connectivity index (χ0v) is 15.2. The second kappa shape index (κ2) is 10.4. The number of guanidine groups is 1. The van der Waals surface area contributed by atoms with E-state index in [1.165, 1.54) is 29.8 Å². The summed E-state index contributed by atoms with van der Waals surface area (Å²) in [5, 5.41) is 13.3. The molecule has 2 N–H and O–H groups in total. The molecule has 26 heavy (non-hydrogen) atoms. The van der Waals surface area contributed by atoms with Crippen LogP contribution in [0.2, 0.25) is 0 Å². The van der Waals surface area contributed by atoms with Crippen LogP contribution >= 0.6 is 0 Å². The predicted molar refractivity (Wildman–Crippen MR) is 102 cm³/mol. The van der Waals surface area contributed by atoms with Crippen molar-refractivity contribution in [1.82, 2.24) is 10.2 Å². The maximum absolute atomic E-state index is 12.9. The Hall–Kier alpha value is -2.60. The van der Waals surface area contributed by atoms with Crippen LogP contribution in [-0.4, -0.2) is 48.8 Å². The minimum absolute atomic E-state index is 0.0942. The van der Waals surface area contributed by atoms with E-state index in [4.69, 9.17) is 4.74 Å². The average Bonchev–Trinajstić information content (AvgIpc) is 2.65. The topological polar surface area (TPSA) is 57.1 Å². The number of rotatable bonds is 8. The number of nitrogens with one attached hydrogen (secondary N) is 1. The summed E-state index contributed by atoms with van der Waals surface area (Å²) in [5.41, 5.74) is 1.18. The van der Waals surface area contributed by atoms with E-state index >= 15 is 0 Å². The molecule has 0 amide bonds. The summed E-state index contributed by atoms with van der Waals surface area (Å²) < 4.78 is 18.3. The van der Waals surface area contributed by atoms with Gasteiger partial charge in [0.25, 0.3) is 0 Å². The third kappa shape index (κ3) is 6.72.